The van der Waals surface area contributed by atoms with Crippen molar-refractivity contribution in [1.29, 1.82) is 0 Å². The van der Waals surface area contributed by atoms with Gasteiger partial charge in [-0.3, -0.25) is 9.59 Å². The summed E-state index contributed by atoms with van der Waals surface area (Å²) in [4.78, 5) is 36.2. The molecule has 2 aromatic rings. The van der Waals surface area contributed by atoms with Crippen molar-refractivity contribution in [2.75, 3.05) is 6.61 Å². The summed E-state index contributed by atoms with van der Waals surface area (Å²) in [5.41, 5.74) is 2.09. The molecule has 0 amide bonds. The number of nitrogens with zero attached hydrogens (tertiary/aromatic N) is 1. The van der Waals surface area contributed by atoms with Crippen LogP contribution in [0.5, 0.6) is 0 Å². The number of aromatic nitrogens is 1. The van der Waals surface area contributed by atoms with Gasteiger partial charge in [-0.05, 0) is 36.8 Å². The lowest BCUT2D eigenvalue weighted by atomic mass is 10.0. The Morgan fingerprint density at radius 2 is 2.13 bits per heavy atom. The van der Waals surface area contributed by atoms with E-state index in [1.807, 2.05) is 22.7 Å². The average molecular weight is 331 g/mol. The minimum absolute atomic E-state index is 0. The van der Waals surface area contributed by atoms with Crippen molar-refractivity contribution in [1.82, 2.24) is 4.57 Å². The highest BCUT2D eigenvalue weighted by atomic mass is 32.1. The zero-order valence-electron chi connectivity index (χ0n) is 13.0. The van der Waals surface area contributed by atoms with Gasteiger partial charge in [-0.15, -0.1) is 6.42 Å². The Kier molecular flexibility index (Phi) is 4.82. The Labute approximate surface area is 139 Å². The van der Waals surface area contributed by atoms with Crippen molar-refractivity contribution in [3.05, 3.63) is 33.6 Å². The van der Waals surface area contributed by atoms with Crippen LogP contribution in [0.1, 0.15) is 34.8 Å². The monoisotopic (exact) mass is 331 g/mol. The molecule has 23 heavy (non-hydrogen) atoms. The van der Waals surface area contributed by atoms with E-state index in [1.165, 1.54) is 15.9 Å². The van der Waals surface area contributed by atoms with Gasteiger partial charge in [0.2, 0.25) is 0 Å². The SMILES string of the molecule is C#CC(=O)C(=O)c1c(C)c(C(=O)OCC)c(-c2ccsc2)n1C.[HH]. The lowest BCUT2D eigenvalue weighted by Crippen LogP contribution is -2.16. The molecule has 0 aliphatic rings. The molecular formula is C17H17NO4S. The summed E-state index contributed by atoms with van der Waals surface area (Å²) in [6.45, 7) is 3.52. The molecule has 0 fully saturated rings. The largest absolute Gasteiger partial charge is 0.462 e. The Hall–Kier alpha value is -2.65. The van der Waals surface area contributed by atoms with Crippen molar-refractivity contribution < 1.29 is 20.5 Å². The third-order valence-corrected chi connectivity index (χ3v) is 4.15. The van der Waals surface area contributed by atoms with Gasteiger partial charge >= 0.3 is 5.97 Å². The number of rotatable bonds is 5. The summed E-state index contributed by atoms with van der Waals surface area (Å²) in [6.07, 6.45) is 5.04. The standard InChI is InChI=1S/C17H15NO4S.H2/c1-5-12(19)16(20)14-10(3)13(17(21)22-6-2)15(18(14)4)11-7-8-23-9-11;/h1,7-9H,6H2,2-4H3;1H. The maximum absolute atomic E-state index is 12.3. The van der Waals surface area contributed by atoms with Crippen LogP contribution >= 0.6 is 11.3 Å². The third-order valence-electron chi connectivity index (χ3n) is 3.46. The number of hydrogen-bond donors (Lipinski definition) is 0. The quantitative estimate of drug-likeness (QED) is 0.278. The lowest BCUT2D eigenvalue weighted by Gasteiger charge is -2.06. The van der Waals surface area contributed by atoms with Crippen molar-refractivity contribution >= 4 is 28.9 Å². The topological polar surface area (TPSA) is 65.4 Å². The summed E-state index contributed by atoms with van der Waals surface area (Å²) in [7, 11) is 1.62. The molecule has 0 aromatic carbocycles. The van der Waals surface area contributed by atoms with Crippen LogP contribution in [-0.2, 0) is 16.6 Å². The van der Waals surface area contributed by atoms with Gasteiger partial charge in [0.05, 0.1) is 23.6 Å². The van der Waals surface area contributed by atoms with Crippen molar-refractivity contribution in [3.63, 3.8) is 0 Å². The van der Waals surface area contributed by atoms with Crippen LogP contribution in [0.3, 0.4) is 0 Å². The van der Waals surface area contributed by atoms with E-state index in [9.17, 15) is 14.4 Å². The molecule has 0 bridgehead atoms. The first-order valence-electron chi connectivity index (χ1n) is 6.88. The van der Waals surface area contributed by atoms with Gasteiger partial charge in [0.25, 0.3) is 11.6 Å². The number of terminal acetylenes is 1. The smallest absolute Gasteiger partial charge is 0.340 e. The summed E-state index contributed by atoms with van der Waals surface area (Å²) in [5.74, 6) is -0.463. The van der Waals surface area contributed by atoms with Crippen molar-refractivity contribution in [2.24, 2.45) is 7.05 Å². The third kappa shape index (κ3) is 2.83. The number of hydrogen-bond acceptors (Lipinski definition) is 5. The molecule has 0 radical (unpaired) electrons. The maximum Gasteiger partial charge on any atom is 0.340 e. The first-order chi connectivity index (χ1) is 10.9. The van der Waals surface area contributed by atoms with E-state index in [2.05, 4.69) is 0 Å². The molecule has 6 heteroatoms. The van der Waals surface area contributed by atoms with E-state index in [-0.39, 0.29) is 19.3 Å². The zero-order chi connectivity index (χ0) is 17.1. The van der Waals surface area contributed by atoms with E-state index < -0.39 is 17.5 Å². The summed E-state index contributed by atoms with van der Waals surface area (Å²) >= 11 is 1.46. The highest BCUT2D eigenvalue weighted by Gasteiger charge is 2.30. The van der Waals surface area contributed by atoms with Crippen molar-refractivity contribution in [3.8, 4) is 23.6 Å². The number of Topliss-reactive ketones (excluding diaryl/α,β-unsaturated/α-hetero) is 2. The Balaban J connectivity index is 0.00000288. The van der Waals surface area contributed by atoms with Crippen molar-refractivity contribution in [2.45, 2.75) is 13.8 Å². The average Bonchev–Trinajstić information content (AvgIpc) is 3.12. The fourth-order valence-corrected chi connectivity index (χ4v) is 3.15. The lowest BCUT2D eigenvalue weighted by molar-refractivity contribution is -0.110. The molecule has 0 N–H and O–H groups in total. The van der Waals surface area contributed by atoms with Crippen LogP contribution < -0.4 is 0 Å². The fraction of sp³-hybridized carbons (Fsp3) is 0.235. The van der Waals surface area contributed by atoms with Crippen LogP contribution in [0.2, 0.25) is 0 Å². The van der Waals surface area contributed by atoms with Gasteiger partial charge < -0.3 is 9.30 Å². The van der Waals surface area contributed by atoms with Gasteiger partial charge in [-0.25, -0.2) is 4.79 Å². The fourth-order valence-electron chi connectivity index (χ4n) is 2.51. The molecule has 0 saturated heterocycles. The van der Waals surface area contributed by atoms with E-state index in [4.69, 9.17) is 11.2 Å². The minimum Gasteiger partial charge on any atom is -0.462 e. The molecule has 120 valence electrons. The van der Waals surface area contributed by atoms with Gasteiger partial charge in [0, 0.05) is 19.4 Å². The summed E-state index contributed by atoms with van der Waals surface area (Å²) < 4.78 is 6.63. The predicted molar refractivity (Wildman–Crippen MR) is 89.7 cm³/mol. The van der Waals surface area contributed by atoms with Gasteiger partial charge in [-0.2, -0.15) is 11.3 Å². The van der Waals surface area contributed by atoms with Crippen LogP contribution in [0.4, 0.5) is 0 Å². The second-order valence-corrected chi connectivity index (χ2v) is 5.57. The Morgan fingerprint density at radius 3 is 2.65 bits per heavy atom. The highest BCUT2D eigenvalue weighted by Crippen LogP contribution is 2.33. The second kappa shape index (κ2) is 6.63. The molecule has 0 saturated carbocycles. The van der Waals surface area contributed by atoms with E-state index in [1.54, 1.807) is 20.9 Å². The molecular weight excluding hydrogens is 314 g/mol. The second-order valence-electron chi connectivity index (χ2n) is 4.79. The number of carbonyl (C=O) groups excluding carboxylic acids is 3. The molecule has 0 spiro atoms. The molecule has 2 aromatic heterocycles. The number of carbonyl (C=O) groups is 3. The van der Waals surface area contributed by atoms with Crippen LogP contribution in [0.15, 0.2) is 16.8 Å². The van der Waals surface area contributed by atoms with E-state index >= 15 is 0 Å². The Morgan fingerprint density at radius 1 is 1.43 bits per heavy atom. The van der Waals surface area contributed by atoms with Crippen LogP contribution in [0.25, 0.3) is 11.3 Å². The highest BCUT2D eigenvalue weighted by molar-refractivity contribution is 7.08. The molecule has 5 nitrogen and oxygen atoms in total. The molecule has 2 heterocycles. The van der Waals surface area contributed by atoms with Gasteiger partial charge in [-0.1, -0.05) is 0 Å². The maximum atomic E-state index is 12.3. The van der Waals surface area contributed by atoms with E-state index in [0.29, 0.717) is 11.3 Å². The van der Waals surface area contributed by atoms with Gasteiger partial charge in [0.15, 0.2) is 0 Å². The first-order valence-corrected chi connectivity index (χ1v) is 7.82. The number of esters is 1. The molecule has 0 aliphatic carbocycles. The molecule has 0 aliphatic heterocycles. The number of ether oxygens (including phenoxy) is 1. The van der Waals surface area contributed by atoms with E-state index in [0.717, 1.165) is 5.56 Å². The first kappa shape index (κ1) is 16.7. The molecule has 2 rings (SSSR count). The number of ketones is 2. The normalized spacial score (nSPS) is 10.2. The molecule has 0 unspecified atom stereocenters. The van der Waals surface area contributed by atoms with Crippen LogP contribution in [0, 0.1) is 19.3 Å². The Bertz CT molecular complexity index is 828. The van der Waals surface area contributed by atoms with Gasteiger partial charge in [0.1, 0.15) is 0 Å². The predicted octanol–water partition coefficient (Wildman–Crippen LogP) is 2.87. The summed E-state index contributed by atoms with van der Waals surface area (Å²) in [5, 5.41) is 3.72. The van der Waals surface area contributed by atoms with Crippen LogP contribution in [-0.4, -0.2) is 28.7 Å². The number of thiophene rings is 1. The molecule has 0 atom stereocenters. The minimum atomic E-state index is -0.944. The zero-order valence-corrected chi connectivity index (χ0v) is 13.8. The summed E-state index contributed by atoms with van der Waals surface area (Å²) in [6, 6.07) is 1.83.